The van der Waals surface area contributed by atoms with Gasteiger partial charge in [-0.1, -0.05) is 137 Å². The van der Waals surface area contributed by atoms with Crippen molar-refractivity contribution in [2.24, 2.45) is 32.5 Å². The molecule has 810 valence electrons. The third-order valence-corrected chi connectivity index (χ3v) is 20.4. The number of unbranched alkanes of at least 4 members (excludes halogenated alkanes) is 9. The standard InChI is InChI=1S/C99H132N6O42/c1-16-73(106)130-55-94(56-131-74(107)17-2,57-132-75(108)18-3)49-127-52-97(64-139-82(115)25-10,65-140-83(116)26-11)70-145-88(121)100-43-37-31-34-40-46-103-91(124)104(47-41-35-32-38-44-101-89(122)146-71-98(66-141-84(117)27-12,67-142-85(118)28-13)53-128-50-95(58-133-76(109)19-4,59-134-77(110)20-5)60-135-78(111)21-6)93(126)105(92(103)125)48-42-36-33-39-45-102-90(123)147-72-99(68-143-86(119)29-14,69-144-87(120)30-15)54-129-51-96(61-136-79(112)22-7,62-137-80(113)23-8)63-138-81(114)24-9/h16-30H,1-15,31-72H2,(H,100,121)(H,101,122)(H,102,123). The molecule has 0 radical (unpaired) electrons. The van der Waals surface area contributed by atoms with Crippen LogP contribution in [0.3, 0.4) is 0 Å². The van der Waals surface area contributed by atoms with Crippen LogP contribution in [0.15, 0.2) is 204 Å². The maximum atomic E-state index is 14.4. The highest BCUT2D eigenvalue weighted by Gasteiger charge is 2.45. The van der Waals surface area contributed by atoms with E-state index in [-0.39, 0.29) is 77.8 Å². The van der Waals surface area contributed by atoms with Gasteiger partial charge in [-0.3, -0.25) is 0 Å². The second-order valence-corrected chi connectivity index (χ2v) is 32.7. The summed E-state index contributed by atoms with van der Waals surface area (Å²) in [6.45, 7) is 34.4. The number of esters is 15. The van der Waals surface area contributed by atoms with Crippen molar-refractivity contribution in [1.29, 1.82) is 0 Å². The summed E-state index contributed by atoms with van der Waals surface area (Å²) in [7, 11) is 0. The minimum Gasteiger partial charge on any atom is -0.462 e. The van der Waals surface area contributed by atoms with Gasteiger partial charge in [-0.25, -0.2) is 114 Å². The Bertz CT molecular complexity index is 4190. The van der Waals surface area contributed by atoms with Crippen molar-refractivity contribution in [2.45, 2.75) is 96.7 Å². The molecule has 48 heteroatoms. The number of alkyl carbamates (subject to hydrolysis) is 3. The van der Waals surface area contributed by atoms with Crippen LogP contribution in [-0.4, -0.2) is 300 Å². The second-order valence-electron chi connectivity index (χ2n) is 32.7. The van der Waals surface area contributed by atoms with Crippen molar-refractivity contribution in [3.63, 3.8) is 0 Å². The Hall–Kier alpha value is -15.8. The lowest BCUT2D eigenvalue weighted by molar-refractivity contribution is -0.170. The van der Waals surface area contributed by atoms with Crippen molar-refractivity contribution in [2.75, 3.05) is 178 Å². The van der Waals surface area contributed by atoms with E-state index in [2.05, 4.69) is 115 Å². The fourth-order valence-corrected chi connectivity index (χ4v) is 12.1. The molecule has 0 aromatic carbocycles. The molecular formula is C99H132N6O42. The smallest absolute Gasteiger partial charge is 0.407 e. The molecule has 1 aromatic heterocycles. The first-order valence-electron chi connectivity index (χ1n) is 45.4. The first-order chi connectivity index (χ1) is 70.1. The van der Waals surface area contributed by atoms with Gasteiger partial charge in [0.15, 0.2) is 0 Å². The fraction of sp³-hybridized carbons (Fsp3) is 0.485. The first kappa shape index (κ1) is 129. The van der Waals surface area contributed by atoms with E-state index in [1.54, 1.807) is 0 Å². The molecule has 0 aliphatic heterocycles. The van der Waals surface area contributed by atoms with Crippen LogP contribution in [0, 0.1) is 32.5 Å². The highest BCUT2D eigenvalue weighted by molar-refractivity contribution is 5.87. The van der Waals surface area contributed by atoms with Crippen molar-refractivity contribution in [1.82, 2.24) is 29.7 Å². The number of carbonyl (C=O) groups excluding carboxylic acids is 18. The molecule has 0 unspecified atom stereocenters. The molecule has 3 amide bonds. The average molecular weight is 2080 g/mol. The minimum absolute atomic E-state index is 0.0438. The molecule has 0 atom stereocenters. The van der Waals surface area contributed by atoms with Gasteiger partial charge in [-0.2, -0.15) is 0 Å². The Balaban J connectivity index is 3.77. The number of nitrogens with one attached hydrogen (secondary N) is 3. The predicted octanol–water partition coefficient (Wildman–Crippen LogP) is 4.94. The van der Waals surface area contributed by atoms with Gasteiger partial charge in [-0.15, -0.1) is 0 Å². The van der Waals surface area contributed by atoms with Gasteiger partial charge < -0.3 is 115 Å². The Kier molecular flexibility index (Phi) is 63.7. The molecule has 1 heterocycles. The number of amides is 3. The third-order valence-electron chi connectivity index (χ3n) is 20.4. The Morgan fingerprint density at radius 1 is 0.177 bits per heavy atom. The van der Waals surface area contributed by atoms with Gasteiger partial charge in [0.2, 0.25) is 0 Å². The van der Waals surface area contributed by atoms with Crippen molar-refractivity contribution in [3.8, 4) is 0 Å². The summed E-state index contributed by atoms with van der Waals surface area (Å²) in [5, 5.41) is 7.73. The van der Waals surface area contributed by atoms with Crippen LogP contribution >= 0.6 is 0 Å². The zero-order valence-electron chi connectivity index (χ0n) is 82.5. The topological polar surface area (TPSA) is 603 Å². The molecule has 48 nitrogen and oxygen atoms in total. The molecule has 0 saturated carbocycles. The third kappa shape index (κ3) is 53.4. The monoisotopic (exact) mass is 2080 g/mol. The van der Waals surface area contributed by atoms with Crippen LogP contribution in [0.2, 0.25) is 0 Å². The van der Waals surface area contributed by atoms with Gasteiger partial charge in [0.25, 0.3) is 0 Å². The molecule has 1 aromatic rings. The van der Waals surface area contributed by atoms with Crippen LogP contribution in [0.5, 0.6) is 0 Å². The lowest BCUT2D eigenvalue weighted by Crippen LogP contribution is -2.54. The summed E-state index contributed by atoms with van der Waals surface area (Å²) in [4.78, 5) is 270. The number of ether oxygens (including phenoxy) is 21. The van der Waals surface area contributed by atoms with Crippen LogP contribution in [-0.2, 0) is 191 Å². The highest BCUT2D eigenvalue weighted by Crippen LogP contribution is 2.31. The van der Waals surface area contributed by atoms with Crippen molar-refractivity contribution in [3.05, 3.63) is 221 Å². The summed E-state index contributed by atoms with van der Waals surface area (Å²) in [6, 6.07) is 0. The zero-order chi connectivity index (χ0) is 110. The number of carbonyl (C=O) groups is 18. The maximum absolute atomic E-state index is 14.4. The van der Waals surface area contributed by atoms with Crippen LogP contribution < -0.4 is 33.0 Å². The number of nitrogens with zero attached hydrogens (tertiary/aromatic N) is 3. The predicted molar refractivity (Wildman–Crippen MR) is 517 cm³/mol. The normalized spacial score (nSPS) is 11.0. The first-order valence-corrected chi connectivity index (χ1v) is 45.4. The molecule has 0 aliphatic carbocycles. The number of aromatic nitrogens is 3. The van der Waals surface area contributed by atoms with E-state index < -0.39 is 316 Å². The van der Waals surface area contributed by atoms with E-state index in [0.717, 1.165) is 105 Å². The van der Waals surface area contributed by atoms with E-state index in [1.807, 2.05) is 0 Å². The largest absolute Gasteiger partial charge is 0.462 e. The Morgan fingerprint density at radius 3 is 0.415 bits per heavy atom. The molecule has 0 saturated heterocycles. The second kappa shape index (κ2) is 72.5. The molecule has 1 rings (SSSR count). The lowest BCUT2D eigenvalue weighted by atomic mass is 9.90. The van der Waals surface area contributed by atoms with Gasteiger partial charge in [0.05, 0.1) is 72.1 Å². The summed E-state index contributed by atoms with van der Waals surface area (Å²) < 4.78 is 117. The van der Waals surface area contributed by atoms with Crippen LogP contribution in [0.4, 0.5) is 14.4 Å². The highest BCUT2D eigenvalue weighted by atomic mass is 16.6. The molecular weight excluding hydrogens is 1950 g/mol. The minimum atomic E-state index is -1.76. The number of rotatable bonds is 84. The lowest BCUT2D eigenvalue weighted by Gasteiger charge is -2.35. The van der Waals surface area contributed by atoms with Crippen LogP contribution in [0.25, 0.3) is 0 Å². The van der Waals surface area contributed by atoms with Gasteiger partial charge in [0, 0.05) is 130 Å². The molecule has 3 N–H and O–H groups in total. The van der Waals surface area contributed by atoms with E-state index >= 15 is 0 Å². The summed E-state index contributed by atoms with van der Waals surface area (Å²) in [5.41, 5.74) is -13.2. The number of hydrogen-bond donors (Lipinski definition) is 3. The van der Waals surface area contributed by atoms with E-state index in [1.165, 1.54) is 0 Å². The maximum Gasteiger partial charge on any atom is 0.407 e. The van der Waals surface area contributed by atoms with Gasteiger partial charge in [-0.05, 0) is 38.5 Å². The molecule has 0 spiro atoms. The zero-order valence-corrected chi connectivity index (χ0v) is 82.5. The summed E-state index contributed by atoms with van der Waals surface area (Å²) in [5.74, 6) is -14.3. The molecule has 0 bridgehead atoms. The van der Waals surface area contributed by atoms with Crippen molar-refractivity contribution < 1.29 is 186 Å². The molecule has 147 heavy (non-hydrogen) atoms. The Morgan fingerprint density at radius 2 is 0.293 bits per heavy atom. The fourth-order valence-electron chi connectivity index (χ4n) is 12.1. The van der Waals surface area contributed by atoms with Crippen molar-refractivity contribution >= 4 is 108 Å². The van der Waals surface area contributed by atoms with E-state index in [9.17, 15) is 101 Å². The van der Waals surface area contributed by atoms with Crippen LogP contribution in [0.1, 0.15) is 77.0 Å². The van der Waals surface area contributed by atoms with Gasteiger partial charge >= 0.3 is 125 Å². The SMILES string of the molecule is C=CC(=O)OCC(COCC(COC(=O)C=C)(COC(=O)C=C)COC(=O)NCCCCCCn1c(=O)n(CCCCCCNC(=O)OCC(COCC(COC(=O)C=C)(COC(=O)C=C)COC(=O)C=C)(COC(=O)C=C)COC(=O)C=C)c(=O)n(CCCCCCNC(=O)OCC(COCC(COC(=O)C=C)(COC(=O)C=C)COC(=O)C=C)(COC(=O)C=C)COC(=O)C=C)c1=O)(COC(=O)C=C)COC(=O)C=C. The average Bonchev–Trinajstić information content (AvgIpc) is 0.781. The molecule has 0 fully saturated rings. The molecule has 0 aliphatic rings. The Labute approximate surface area is 848 Å². The van der Waals surface area contributed by atoms with Gasteiger partial charge in [0.1, 0.15) is 119 Å². The number of hydrogen-bond acceptors (Lipinski definition) is 42. The summed E-state index contributed by atoms with van der Waals surface area (Å²) >= 11 is 0. The quantitative estimate of drug-likeness (QED) is 0.0336. The summed E-state index contributed by atoms with van der Waals surface area (Å²) in [6.07, 6.45) is 12.5. The van der Waals surface area contributed by atoms with E-state index in [4.69, 9.17) is 99.5 Å². The van der Waals surface area contributed by atoms with E-state index in [0.29, 0.717) is 38.5 Å².